The summed E-state index contributed by atoms with van der Waals surface area (Å²) in [6.07, 6.45) is 3.30. The molecule has 0 bridgehead atoms. The number of likely N-dealkylation sites (N-methyl/N-ethyl adjacent to an activating group) is 1. The minimum Gasteiger partial charge on any atom is -0.368 e. The standard InChI is InChI=1S/C22H22N2O2/c1-23(16-10-4-2-5-11-16)22(26)19-17-12-6-7-13-18(17)21(25)20(19)24-14-8-3-9-15-24/h2,4-7,10-13H,3,8-9,14-15H2,1H3. The van der Waals surface area contributed by atoms with Crippen LogP contribution in [0.4, 0.5) is 5.69 Å². The molecule has 0 radical (unpaired) electrons. The summed E-state index contributed by atoms with van der Waals surface area (Å²) < 4.78 is 0. The number of para-hydroxylation sites is 1. The van der Waals surface area contributed by atoms with Crippen molar-refractivity contribution in [2.45, 2.75) is 19.3 Å². The monoisotopic (exact) mass is 346 g/mol. The molecule has 0 N–H and O–H groups in total. The molecule has 1 saturated heterocycles. The summed E-state index contributed by atoms with van der Waals surface area (Å²) >= 11 is 0. The topological polar surface area (TPSA) is 40.6 Å². The number of anilines is 1. The lowest BCUT2D eigenvalue weighted by Gasteiger charge is -2.30. The van der Waals surface area contributed by atoms with Crippen LogP contribution >= 0.6 is 0 Å². The van der Waals surface area contributed by atoms with Crippen LogP contribution in [0.15, 0.2) is 60.3 Å². The molecule has 0 saturated carbocycles. The molecule has 1 amide bonds. The van der Waals surface area contributed by atoms with Crippen LogP contribution < -0.4 is 4.90 Å². The third-order valence-corrected chi connectivity index (χ3v) is 5.23. The molecule has 2 aromatic carbocycles. The molecule has 132 valence electrons. The molecule has 1 fully saturated rings. The van der Waals surface area contributed by atoms with E-state index in [4.69, 9.17) is 0 Å². The van der Waals surface area contributed by atoms with E-state index in [0.717, 1.165) is 37.2 Å². The first-order chi connectivity index (χ1) is 12.7. The zero-order valence-electron chi connectivity index (χ0n) is 14.9. The number of allylic oxidation sites excluding steroid dienone is 1. The number of Topliss-reactive ketones (excluding diaryl/α,β-unsaturated/α-hetero) is 1. The number of piperidine rings is 1. The highest BCUT2D eigenvalue weighted by atomic mass is 16.2. The Bertz CT molecular complexity index is 880. The van der Waals surface area contributed by atoms with E-state index in [1.165, 1.54) is 6.42 Å². The number of nitrogens with zero attached hydrogens (tertiary/aromatic N) is 2. The highest BCUT2D eigenvalue weighted by Gasteiger charge is 2.37. The van der Waals surface area contributed by atoms with Crippen LogP contribution in [-0.4, -0.2) is 36.7 Å². The average Bonchev–Trinajstić information content (AvgIpc) is 3.01. The summed E-state index contributed by atoms with van der Waals surface area (Å²) in [6, 6.07) is 17.0. The normalized spacial score (nSPS) is 16.7. The van der Waals surface area contributed by atoms with Crippen molar-refractivity contribution >= 4 is 23.0 Å². The molecule has 26 heavy (non-hydrogen) atoms. The van der Waals surface area contributed by atoms with E-state index in [1.54, 1.807) is 11.9 Å². The first kappa shape index (κ1) is 16.6. The van der Waals surface area contributed by atoms with Gasteiger partial charge in [-0.25, -0.2) is 0 Å². The predicted molar refractivity (Wildman–Crippen MR) is 103 cm³/mol. The number of likely N-dealkylation sites (tertiary alicyclic amines) is 1. The maximum absolute atomic E-state index is 13.4. The fourth-order valence-electron chi connectivity index (χ4n) is 3.84. The van der Waals surface area contributed by atoms with Crippen molar-refractivity contribution in [2.75, 3.05) is 25.0 Å². The second-order valence-corrected chi connectivity index (χ2v) is 6.85. The molecule has 1 aliphatic carbocycles. The third-order valence-electron chi connectivity index (χ3n) is 5.23. The molecule has 1 aliphatic heterocycles. The minimum atomic E-state index is -0.130. The highest BCUT2D eigenvalue weighted by molar-refractivity contribution is 6.37. The Hall–Kier alpha value is -2.88. The number of fused-ring (bicyclic) bond motifs is 1. The van der Waals surface area contributed by atoms with E-state index in [-0.39, 0.29) is 11.7 Å². The second kappa shape index (κ2) is 6.79. The Kier molecular flexibility index (Phi) is 4.33. The minimum absolute atomic E-state index is 0.0210. The van der Waals surface area contributed by atoms with E-state index in [0.29, 0.717) is 16.8 Å². The van der Waals surface area contributed by atoms with E-state index in [2.05, 4.69) is 4.90 Å². The van der Waals surface area contributed by atoms with Crippen molar-refractivity contribution in [2.24, 2.45) is 0 Å². The average molecular weight is 346 g/mol. The summed E-state index contributed by atoms with van der Waals surface area (Å²) in [5, 5.41) is 0. The van der Waals surface area contributed by atoms with Gasteiger partial charge >= 0.3 is 0 Å². The Morgan fingerprint density at radius 1 is 0.885 bits per heavy atom. The molecular formula is C22H22N2O2. The van der Waals surface area contributed by atoms with Crippen molar-refractivity contribution < 1.29 is 9.59 Å². The van der Waals surface area contributed by atoms with Crippen molar-refractivity contribution in [3.63, 3.8) is 0 Å². The van der Waals surface area contributed by atoms with Crippen LogP contribution in [0.2, 0.25) is 0 Å². The Balaban J connectivity index is 1.81. The quantitative estimate of drug-likeness (QED) is 0.850. The van der Waals surface area contributed by atoms with Gasteiger partial charge in [0, 0.05) is 37.0 Å². The Morgan fingerprint density at radius 2 is 1.50 bits per heavy atom. The van der Waals surface area contributed by atoms with Crippen LogP contribution in [-0.2, 0) is 4.79 Å². The zero-order chi connectivity index (χ0) is 18.1. The van der Waals surface area contributed by atoms with Gasteiger partial charge < -0.3 is 9.80 Å². The van der Waals surface area contributed by atoms with E-state index in [1.807, 2.05) is 54.6 Å². The van der Waals surface area contributed by atoms with E-state index in [9.17, 15) is 9.59 Å². The summed E-state index contributed by atoms with van der Waals surface area (Å²) in [4.78, 5) is 30.2. The Labute approximate surface area is 153 Å². The number of benzene rings is 2. The smallest absolute Gasteiger partial charge is 0.260 e. The third kappa shape index (κ3) is 2.71. The van der Waals surface area contributed by atoms with Gasteiger partial charge in [0.25, 0.3) is 5.91 Å². The van der Waals surface area contributed by atoms with E-state index >= 15 is 0 Å². The zero-order valence-corrected chi connectivity index (χ0v) is 14.9. The highest BCUT2D eigenvalue weighted by Crippen LogP contribution is 2.37. The molecule has 4 rings (SSSR count). The molecule has 0 atom stereocenters. The summed E-state index contributed by atoms with van der Waals surface area (Å²) in [7, 11) is 1.77. The molecule has 4 nitrogen and oxygen atoms in total. The van der Waals surface area contributed by atoms with Gasteiger partial charge in [0.15, 0.2) is 0 Å². The maximum Gasteiger partial charge on any atom is 0.260 e. The van der Waals surface area contributed by atoms with Crippen LogP contribution in [0.3, 0.4) is 0 Å². The maximum atomic E-state index is 13.4. The fraction of sp³-hybridized carbons (Fsp3) is 0.273. The van der Waals surface area contributed by atoms with Crippen molar-refractivity contribution in [3.8, 4) is 0 Å². The lowest BCUT2D eigenvalue weighted by molar-refractivity contribution is -0.113. The van der Waals surface area contributed by atoms with Gasteiger partial charge in [0.05, 0.1) is 11.3 Å². The Morgan fingerprint density at radius 3 is 2.19 bits per heavy atom. The molecular weight excluding hydrogens is 324 g/mol. The van der Waals surface area contributed by atoms with Crippen molar-refractivity contribution in [1.82, 2.24) is 4.90 Å². The number of hydrogen-bond acceptors (Lipinski definition) is 3. The molecule has 2 aromatic rings. The van der Waals surface area contributed by atoms with E-state index < -0.39 is 0 Å². The summed E-state index contributed by atoms with van der Waals surface area (Å²) in [5.74, 6) is -0.151. The number of ketones is 1. The van der Waals surface area contributed by atoms with Gasteiger partial charge in [-0.2, -0.15) is 0 Å². The number of carbonyl (C=O) groups excluding carboxylic acids is 2. The SMILES string of the molecule is CN(C(=O)C1=C(N2CCCCC2)C(=O)c2ccccc21)c1ccccc1. The van der Waals surface area contributed by atoms with Crippen LogP contribution in [0.25, 0.3) is 5.57 Å². The first-order valence-corrected chi connectivity index (χ1v) is 9.15. The number of carbonyl (C=O) groups is 2. The van der Waals surface area contributed by atoms with Gasteiger partial charge in [-0.1, -0.05) is 42.5 Å². The van der Waals surface area contributed by atoms with Crippen molar-refractivity contribution in [3.05, 3.63) is 71.4 Å². The van der Waals surface area contributed by atoms with Gasteiger partial charge in [-0.3, -0.25) is 9.59 Å². The second-order valence-electron chi connectivity index (χ2n) is 6.85. The molecule has 0 aromatic heterocycles. The lowest BCUT2D eigenvalue weighted by atomic mass is 10.0. The predicted octanol–water partition coefficient (Wildman–Crippen LogP) is 3.74. The van der Waals surface area contributed by atoms with Gasteiger partial charge in [0.2, 0.25) is 5.78 Å². The van der Waals surface area contributed by atoms with Gasteiger partial charge in [-0.15, -0.1) is 0 Å². The van der Waals surface area contributed by atoms with Gasteiger partial charge in [0.1, 0.15) is 0 Å². The van der Waals surface area contributed by atoms with Gasteiger partial charge in [-0.05, 0) is 31.4 Å². The summed E-state index contributed by atoms with van der Waals surface area (Å²) in [6.45, 7) is 1.67. The van der Waals surface area contributed by atoms with Crippen molar-refractivity contribution in [1.29, 1.82) is 0 Å². The van der Waals surface area contributed by atoms with Crippen LogP contribution in [0.5, 0.6) is 0 Å². The first-order valence-electron chi connectivity index (χ1n) is 9.15. The fourth-order valence-corrected chi connectivity index (χ4v) is 3.84. The lowest BCUT2D eigenvalue weighted by Crippen LogP contribution is -2.34. The number of rotatable bonds is 3. The van der Waals surface area contributed by atoms with Crippen LogP contribution in [0.1, 0.15) is 35.2 Å². The number of hydrogen-bond donors (Lipinski definition) is 0. The molecule has 0 spiro atoms. The molecule has 2 aliphatic rings. The largest absolute Gasteiger partial charge is 0.368 e. The molecule has 4 heteroatoms. The van der Waals surface area contributed by atoms with Crippen LogP contribution in [0, 0.1) is 0 Å². The summed E-state index contributed by atoms with van der Waals surface area (Å²) in [5.41, 5.74) is 3.33. The number of amides is 1. The molecule has 1 heterocycles. The molecule has 0 unspecified atom stereocenters.